The van der Waals surface area contributed by atoms with E-state index in [1.807, 2.05) is 41.3 Å². The molecule has 2 aliphatic heterocycles. The number of sulfone groups is 1. The van der Waals surface area contributed by atoms with Gasteiger partial charge in [0, 0.05) is 16.5 Å². The third kappa shape index (κ3) is 4.28. The van der Waals surface area contributed by atoms with Crippen molar-refractivity contribution in [2.24, 2.45) is 4.99 Å². The summed E-state index contributed by atoms with van der Waals surface area (Å²) in [6.07, 6.45) is 0.180. The Kier molecular flexibility index (Phi) is 5.31. The third-order valence-electron chi connectivity index (χ3n) is 5.02. The summed E-state index contributed by atoms with van der Waals surface area (Å²) >= 11 is 1.33. The van der Waals surface area contributed by atoms with Crippen LogP contribution < -0.4 is 4.90 Å². The van der Waals surface area contributed by atoms with Gasteiger partial charge in [0.15, 0.2) is 20.8 Å². The van der Waals surface area contributed by atoms with Crippen LogP contribution in [-0.4, -0.2) is 48.1 Å². The number of ketones is 1. The van der Waals surface area contributed by atoms with E-state index < -0.39 is 9.84 Å². The minimum absolute atomic E-state index is 0.0147. The molecule has 0 unspecified atom stereocenters. The number of thioether (sulfide) groups is 1. The molecule has 2 aliphatic rings. The molecule has 0 saturated carbocycles. The predicted octanol–water partition coefficient (Wildman–Crippen LogP) is 2.73. The molecule has 2 saturated heterocycles. The Morgan fingerprint density at radius 1 is 1.10 bits per heavy atom. The predicted molar refractivity (Wildman–Crippen MR) is 115 cm³/mol. The van der Waals surface area contributed by atoms with Gasteiger partial charge in [0.05, 0.1) is 24.0 Å². The summed E-state index contributed by atoms with van der Waals surface area (Å²) in [5.74, 6) is -0.278. The number of aliphatic imine (C=N–C) groups is 1. The molecule has 2 aromatic carbocycles. The lowest BCUT2D eigenvalue weighted by molar-refractivity contribution is -0.117. The van der Waals surface area contributed by atoms with Crippen LogP contribution in [0.25, 0.3) is 0 Å². The van der Waals surface area contributed by atoms with Gasteiger partial charge in [0.1, 0.15) is 0 Å². The molecule has 0 radical (unpaired) electrons. The van der Waals surface area contributed by atoms with Crippen LogP contribution in [-0.2, 0) is 21.1 Å². The van der Waals surface area contributed by atoms with E-state index in [1.165, 1.54) is 18.7 Å². The number of amides is 1. The first kappa shape index (κ1) is 19.8. The van der Waals surface area contributed by atoms with Crippen LogP contribution >= 0.6 is 11.8 Å². The maximum Gasteiger partial charge on any atom is 0.252 e. The molecule has 29 heavy (non-hydrogen) atoms. The summed E-state index contributed by atoms with van der Waals surface area (Å²) in [7, 11) is -3.14. The van der Waals surface area contributed by atoms with Gasteiger partial charge in [-0.25, -0.2) is 8.42 Å². The Morgan fingerprint density at radius 2 is 1.86 bits per heavy atom. The molecule has 0 spiro atoms. The van der Waals surface area contributed by atoms with E-state index in [0.717, 1.165) is 5.56 Å². The lowest BCUT2D eigenvalue weighted by atomic mass is 10.1. The molecular weight excluding hydrogens is 408 g/mol. The molecule has 0 aromatic heterocycles. The molecule has 4 rings (SSSR count). The average molecular weight is 429 g/mol. The highest BCUT2D eigenvalue weighted by atomic mass is 32.2. The molecule has 1 amide bonds. The monoisotopic (exact) mass is 428 g/mol. The number of amidine groups is 1. The molecule has 0 bridgehead atoms. The fourth-order valence-corrected chi connectivity index (χ4v) is 7.59. The molecule has 0 aliphatic carbocycles. The SMILES string of the molecule is CC(=O)c1cccc(N2C(=NC(=O)Cc3ccccc3)S[C@@H]3CS(=O)(=O)C[C@@H]32)c1. The van der Waals surface area contributed by atoms with Crippen molar-refractivity contribution < 1.29 is 18.0 Å². The average Bonchev–Trinajstić information content (AvgIpc) is 3.13. The van der Waals surface area contributed by atoms with Gasteiger partial charge in [0.25, 0.3) is 5.91 Å². The van der Waals surface area contributed by atoms with Crippen LogP contribution in [0.15, 0.2) is 59.6 Å². The zero-order chi connectivity index (χ0) is 20.6. The van der Waals surface area contributed by atoms with Gasteiger partial charge in [-0.05, 0) is 24.6 Å². The highest BCUT2D eigenvalue weighted by Gasteiger charge is 2.49. The fourth-order valence-electron chi connectivity index (χ4n) is 3.66. The van der Waals surface area contributed by atoms with Crippen LogP contribution in [0, 0.1) is 0 Å². The van der Waals surface area contributed by atoms with E-state index in [1.54, 1.807) is 18.2 Å². The number of carbonyl (C=O) groups excluding carboxylic acids is 2. The van der Waals surface area contributed by atoms with Crippen molar-refractivity contribution in [1.82, 2.24) is 0 Å². The number of anilines is 1. The minimum atomic E-state index is -3.14. The number of benzene rings is 2. The second-order valence-electron chi connectivity index (χ2n) is 7.23. The Labute approximate surface area is 173 Å². The van der Waals surface area contributed by atoms with E-state index in [-0.39, 0.29) is 40.9 Å². The van der Waals surface area contributed by atoms with Gasteiger partial charge < -0.3 is 4.90 Å². The van der Waals surface area contributed by atoms with Crippen molar-refractivity contribution in [3.05, 3.63) is 65.7 Å². The summed E-state index contributed by atoms with van der Waals surface area (Å²) in [6, 6.07) is 16.1. The molecule has 8 heteroatoms. The number of Topliss-reactive ketones (excluding diaryl/α,β-unsaturated/α-hetero) is 1. The van der Waals surface area contributed by atoms with Crippen molar-refractivity contribution >= 4 is 44.1 Å². The Hall–Kier alpha value is -2.45. The minimum Gasteiger partial charge on any atom is -0.316 e. The third-order valence-corrected chi connectivity index (χ3v) is 8.23. The number of carbonyl (C=O) groups is 2. The van der Waals surface area contributed by atoms with E-state index in [9.17, 15) is 18.0 Å². The van der Waals surface area contributed by atoms with Crippen molar-refractivity contribution in [1.29, 1.82) is 0 Å². The topological polar surface area (TPSA) is 83.9 Å². The quantitative estimate of drug-likeness (QED) is 0.697. The van der Waals surface area contributed by atoms with Crippen LogP contribution in [0.2, 0.25) is 0 Å². The van der Waals surface area contributed by atoms with Gasteiger partial charge >= 0.3 is 0 Å². The lowest BCUT2D eigenvalue weighted by Gasteiger charge is -2.24. The number of hydrogen-bond acceptors (Lipinski definition) is 5. The number of fused-ring (bicyclic) bond motifs is 1. The molecule has 2 heterocycles. The lowest BCUT2D eigenvalue weighted by Crippen LogP contribution is -2.37. The maximum absolute atomic E-state index is 12.6. The number of hydrogen-bond donors (Lipinski definition) is 0. The largest absolute Gasteiger partial charge is 0.316 e. The molecular formula is C21H20N2O4S2. The first-order chi connectivity index (χ1) is 13.8. The second kappa shape index (κ2) is 7.76. The van der Waals surface area contributed by atoms with Crippen molar-refractivity contribution in [2.75, 3.05) is 16.4 Å². The fraction of sp³-hybridized carbons (Fsp3) is 0.286. The van der Waals surface area contributed by atoms with E-state index in [2.05, 4.69) is 4.99 Å². The zero-order valence-electron chi connectivity index (χ0n) is 15.8. The van der Waals surface area contributed by atoms with E-state index in [4.69, 9.17) is 0 Å². The molecule has 2 fully saturated rings. The Bertz CT molecular complexity index is 1100. The summed E-state index contributed by atoms with van der Waals surface area (Å²) < 4.78 is 24.3. The molecule has 150 valence electrons. The Balaban J connectivity index is 1.68. The maximum atomic E-state index is 12.6. The normalized spacial score (nSPS) is 23.9. The highest BCUT2D eigenvalue weighted by Crippen LogP contribution is 2.41. The van der Waals surface area contributed by atoms with Crippen LogP contribution in [0.3, 0.4) is 0 Å². The number of rotatable bonds is 4. The summed E-state index contributed by atoms with van der Waals surface area (Å²) in [6.45, 7) is 1.49. The molecule has 2 atom stereocenters. The summed E-state index contributed by atoms with van der Waals surface area (Å²) in [5, 5.41) is 0.320. The zero-order valence-corrected chi connectivity index (χ0v) is 17.4. The van der Waals surface area contributed by atoms with Crippen LogP contribution in [0.1, 0.15) is 22.8 Å². The van der Waals surface area contributed by atoms with Gasteiger partial charge in [-0.3, -0.25) is 9.59 Å². The van der Waals surface area contributed by atoms with Gasteiger partial charge in [-0.2, -0.15) is 4.99 Å². The first-order valence-corrected chi connectivity index (χ1v) is 12.0. The van der Waals surface area contributed by atoms with Crippen molar-refractivity contribution in [2.45, 2.75) is 24.6 Å². The molecule has 2 aromatic rings. The molecule has 0 N–H and O–H groups in total. The second-order valence-corrected chi connectivity index (χ2v) is 10.6. The van der Waals surface area contributed by atoms with Crippen LogP contribution in [0.4, 0.5) is 5.69 Å². The number of nitrogens with zero attached hydrogens (tertiary/aromatic N) is 2. The summed E-state index contributed by atoms with van der Waals surface area (Å²) in [4.78, 5) is 30.5. The van der Waals surface area contributed by atoms with E-state index >= 15 is 0 Å². The van der Waals surface area contributed by atoms with Crippen molar-refractivity contribution in [3.63, 3.8) is 0 Å². The van der Waals surface area contributed by atoms with Gasteiger partial charge in [-0.15, -0.1) is 0 Å². The van der Waals surface area contributed by atoms with Gasteiger partial charge in [0.2, 0.25) is 0 Å². The Morgan fingerprint density at radius 3 is 2.59 bits per heavy atom. The van der Waals surface area contributed by atoms with Crippen molar-refractivity contribution in [3.8, 4) is 0 Å². The standard InChI is InChI=1S/C21H20N2O4S2/c1-14(24)16-8-5-9-17(11-16)23-18-12-29(26,27)13-19(18)28-21(23)22-20(25)10-15-6-3-2-4-7-15/h2-9,11,18-19H,10,12-13H2,1H3/t18-,19+/m0/s1. The van der Waals surface area contributed by atoms with E-state index in [0.29, 0.717) is 16.4 Å². The molecule has 6 nitrogen and oxygen atoms in total. The smallest absolute Gasteiger partial charge is 0.252 e. The van der Waals surface area contributed by atoms with Crippen LogP contribution in [0.5, 0.6) is 0 Å². The summed E-state index contributed by atoms with van der Waals surface area (Å²) in [5.41, 5.74) is 2.09. The van der Waals surface area contributed by atoms with Gasteiger partial charge in [-0.1, -0.05) is 54.2 Å². The highest BCUT2D eigenvalue weighted by molar-refractivity contribution is 8.16. The first-order valence-electron chi connectivity index (χ1n) is 9.25.